The van der Waals surface area contributed by atoms with E-state index in [1.165, 1.54) is 0 Å². The first kappa shape index (κ1) is 19.7. The molecule has 10 heteroatoms. The van der Waals surface area contributed by atoms with E-state index in [1.807, 2.05) is 41.2 Å². The normalized spacial score (nSPS) is 19.4. The molecule has 1 saturated carbocycles. The highest BCUT2D eigenvalue weighted by Gasteiger charge is 2.25. The van der Waals surface area contributed by atoms with Gasteiger partial charge in [-0.3, -0.25) is 0 Å². The zero-order chi connectivity index (χ0) is 21.4. The highest BCUT2D eigenvalue weighted by molar-refractivity contribution is 5.84. The first-order chi connectivity index (χ1) is 15.1. The molecule has 162 valence electrons. The van der Waals surface area contributed by atoms with Crippen molar-refractivity contribution in [2.75, 3.05) is 12.4 Å². The maximum absolute atomic E-state index is 12.4. The van der Waals surface area contributed by atoms with Gasteiger partial charge in [-0.05, 0) is 43.9 Å². The SMILES string of the molecule is COc1nc(N[C@H]2CC[C@@H](OC(F)F)CC2)nn2ccc(-c3ccc4nccn4c3)c12. The van der Waals surface area contributed by atoms with E-state index < -0.39 is 12.7 Å². The zero-order valence-electron chi connectivity index (χ0n) is 16.9. The summed E-state index contributed by atoms with van der Waals surface area (Å²) >= 11 is 0. The Morgan fingerprint density at radius 1 is 1.13 bits per heavy atom. The summed E-state index contributed by atoms with van der Waals surface area (Å²) in [6, 6.07) is 6.03. The van der Waals surface area contributed by atoms with Crippen molar-refractivity contribution in [2.45, 2.75) is 44.4 Å². The fraction of sp³-hybridized carbons (Fsp3) is 0.381. The number of halogens is 2. The Hall–Kier alpha value is -3.27. The quantitative estimate of drug-likeness (QED) is 0.500. The number of alkyl halides is 2. The van der Waals surface area contributed by atoms with Gasteiger partial charge in [-0.2, -0.15) is 13.8 Å². The molecule has 0 aromatic carbocycles. The van der Waals surface area contributed by atoms with Crippen molar-refractivity contribution in [3.63, 3.8) is 0 Å². The number of ether oxygens (including phenoxy) is 2. The van der Waals surface area contributed by atoms with Crippen molar-refractivity contribution >= 4 is 17.1 Å². The van der Waals surface area contributed by atoms with Crippen molar-refractivity contribution in [1.82, 2.24) is 24.0 Å². The minimum Gasteiger partial charge on any atom is -0.479 e. The molecule has 31 heavy (non-hydrogen) atoms. The number of anilines is 1. The van der Waals surface area contributed by atoms with E-state index in [2.05, 4.69) is 25.1 Å². The summed E-state index contributed by atoms with van der Waals surface area (Å²) in [5.74, 6) is 0.896. The maximum atomic E-state index is 12.4. The molecule has 0 saturated heterocycles. The first-order valence-electron chi connectivity index (χ1n) is 10.2. The van der Waals surface area contributed by atoms with E-state index in [-0.39, 0.29) is 6.04 Å². The van der Waals surface area contributed by atoms with Gasteiger partial charge in [0.05, 0.1) is 13.2 Å². The molecular formula is C21H22F2N6O2. The van der Waals surface area contributed by atoms with Crippen LogP contribution >= 0.6 is 0 Å². The fourth-order valence-electron chi connectivity index (χ4n) is 4.18. The van der Waals surface area contributed by atoms with Crippen LogP contribution in [0.15, 0.2) is 43.0 Å². The van der Waals surface area contributed by atoms with Gasteiger partial charge in [0.15, 0.2) is 0 Å². The van der Waals surface area contributed by atoms with Crippen LogP contribution in [0.2, 0.25) is 0 Å². The average molecular weight is 428 g/mol. The summed E-state index contributed by atoms with van der Waals surface area (Å²) in [6.45, 7) is -2.72. The Balaban J connectivity index is 1.39. The second-order valence-electron chi connectivity index (χ2n) is 7.59. The van der Waals surface area contributed by atoms with Gasteiger partial charge in [-0.1, -0.05) is 0 Å². The van der Waals surface area contributed by atoms with Crippen molar-refractivity contribution in [1.29, 1.82) is 0 Å². The summed E-state index contributed by atoms with van der Waals surface area (Å²) < 4.78 is 38.7. The van der Waals surface area contributed by atoms with E-state index in [4.69, 9.17) is 4.74 Å². The zero-order valence-corrected chi connectivity index (χ0v) is 16.9. The minimum atomic E-state index is -2.72. The number of nitrogens with zero attached hydrogens (tertiary/aromatic N) is 5. The highest BCUT2D eigenvalue weighted by atomic mass is 19.3. The van der Waals surface area contributed by atoms with Crippen LogP contribution in [0.1, 0.15) is 25.7 Å². The lowest BCUT2D eigenvalue weighted by Crippen LogP contribution is -2.31. The van der Waals surface area contributed by atoms with Crippen LogP contribution < -0.4 is 10.1 Å². The monoisotopic (exact) mass is 428 g/mol. The highest BCUT2D eigenvalue weighted by Crippen LogP contribution is 2.32. The van der Waals surface area contributed by atoms with E-state index in [0.717, 1.165) is 22.3 Å². The number of hydrogen-bond donors (Lipinski definition) is 1. The fourth-order valence-corrected chi connectivity index (χ4v) is 4.18. The van der Waals surface area contributed by atoms with Crippen LogP contribution in [0.4, 0.5) is 14.7 Å². The molecule has 0 radical (unpaired) electrons. The third-order valence-corrected chi connectivity index (χ3v) is 5.67. The molecule has 0 unspecified atom stereocenters. The van der Waals surface area contributed by atoms with Gasteiger partial charge in [-0.25, -0.2) is 9.50 Å². The van der Waals surface area contributed by atoms with Crippen molar-refractivity contribution in [2.24, 2.45) is 0 Å². The van der Waals surface area contributed by atoms with Crippen molar-refractivity contribution < 1.29 is 18.3 Å². The van der Waals surface area contributed by atoms with Crippen molar-refractivity contribution in [3.8, 4) is 17.0 Å². The van der Waals surface area contributed by atoms with Crippen molar-refractivity contribution in [3.05, 3.63) is 43.0 Å². The molecule has 1 aliphatic carbocycles. The number of imidazole rings is 1. The first-order valence-corrected chi connectivity index (χ1v) is 10.2. The molecule has 0 spiro atoms. The lowest BCUT2D eigenvalue weighted by atomic mass is 9.93. The standard InChI is InChI=1S/C21H22F2N6O2/c1-30-19-18-16(13-2-7-17-24-9-11-28(17)12-13)8-10-29(18)27-21(26-19)25-14-3-5-15(6-4-14)31-20(22)23/h2,7-12,14-15,20H,3-6H2,1H3,(H,25,27)/t14-,15+. The van der Waals surface area contributed by atoms with Crippen LogP contribution in [-0.4, -0.2) is 49.8 Å². The van der Waals surface area contributed by atoms with E-state index in [0.29, 0.717) is 37.5 Å². The molecule has 0 atom stereocenters. The Bertz CT molecular complexity index is 1200. The summed E-state index contributed by atoms with van der Waals surface area (Å²) in [5.41, 5.74) is 3.58. The molecule has 5 rings (SSSR count). The number of aromatic nitrogens is 5. The van der Waals surface area contributed by atoms with E-state index >= 15 is 0 Å². The Morgan fingerprint density at radius 2 is 1.97 bits per heavy atom. The lowest BCUT2D eigenvalue weighted by molar-refractivity contribution is -0.169. The number of fused-ring (bicyclic) bond motifs is 2. The molecule has 1 N–H and O–H groups in total. The molecule has 4 aromatic heterocycles. The van der Waals surface area contributed by atoms with Crippen LogP contribution in [0.25, 0.3) is 22.3 Å². The molecule has 1 aliphatic rings. The largest absolute Gasteiger partial charge is 0.479 e. The summed E-state index contributed by atoms with van der Waals surface area (Å²) in [7, 11) is 1.58. The third kappa shape index (κ3) is 3.90. The van der Waals surface area contributed by atoms with Gasteiger partial charge in [0, 0.05) is 42.0 Å². The van der Waals surface area contributed by atoms with Crippen LogP contribution in [0.5, 0.6) is 5.88 Å². The van der Waals surface area contributed by atoms with Crippen LogP contribution in [0.3, 0.4) is 0 Å². The number of nitrogens with one attached hydrogen (secondary N) is 1. The van der Waals surface area contributed by atoms with Gasteiger partial charge in [0.2, 0.25) is 11.8 Å². The van der Waals surface area contributed by atoms with Gasteiger partial charge < -0.3 is 19.2 Å². The molecule has 0 amide bonds. The predicted octanol–water partition coefficient (Wildman–Crippen LogP) is 4.01. The van der Waals surface area contributed by atoms with E-state index in [1.54, 1.807) is 17.8 Å². The summed E-state index contributed by atoms with van der Waals surface area (Å²) in [6.07, 6.45) is 9.70. The predicted molar refractivity (Wildman–Crippen MR) is 110 cm³/mol. The smallest absolute Gasteiger partial charge is 0.345 e. The molecule has 0 aliphatic heterocycles. The Morgan fingerprint density at radius 3 is 2.74 bits per heavy atom. The molecule has 4 aromatic rings. The molecule has 4 heterocycles. The average Bonchev–Trinajstić information content (AvgIpc) is 3.40. The molecule has 8 nitrogen and oxygen atoms in total. The Kier molecular flexibility index (Phi) is 5.14. The maximum Gasteiger partial charge on any atom is 0.345 e. The van der Waals surface area contributed by atoms with Crippen LogP contribution in [-0.2, 0) is 4.74 Å². The minimum absolute atomic E-state index is 0.0957. The second kappa shape index (κ2) is 8.10. The van der Waals surface area contributed by atoms with Gasteiger partial charge in [0.1, 0.15) is 11.2 Å². The molecular weight excluding hydrogens is 406 g/mol. The van der Waals surface area contributed by atoms with Gasteiger partial charge in [-0.15, -0.1) is 5.10 Å². The summed E-state index contributed by atoms with van der Waals surface area (Å²) in [5, 5.41) is 7.90. The number of methoxy groups -OCH3 is 1. The topological polar surface area (TPSA) is 78.0 Å². The molecule has 0 bridgehead atoms. The lowest BCUT2D eigenvalue weighted by Gasteiger charge is -2.28. The number of hydrogen-bond acceptors (Lipinski definition) is 6. The van der Waals surface area contributed by atoms with E-state index in [9.17, 15) is 8.78 Å². The Labute approximate surface area is 176 Å². The van der Waals surface area contributed by atoms with Crippen LogP contribution in [0, 0.1) is 0 Å². The van der Waals surface area contributed by atoms with Gasteiger partial charge in [0.25, 0.3) is 0 Å². The second-order valence-corrected chi connectivity index (χ2v) is 7.59. The summed E-state index contributed by atoms with van der Waals surface area (Å²) in [4.78, 5) is 8.83. The number of pyridine rings is 1. The number of rotatable bonds is 6. The van der Waals surface area contributed by atoms with Gasteiger partial charge >= 0.3 is 6.61 Å². The third-order valence-electron chi connectivity index (χ3n) is 5.67. The molecule has 1 fully saturated rings.